The lowest BCUT2D eigenvalue weighted by Crippen LogP contribution is -2.17. The lowest BCUT2D eigenvalue weighted by atomic mass is 10.0. The molecule has 0 fully saturated rings. The Morgan fingerprint density at radius 1 is 1.00 bits per heavy atom. The number of ether oxygens (including phenoxy) is 1. The average Bonchev–Trinajstić information content (AvgIpc) is 2.40. The maximum Gasteiger partial charge on any atom is 0.573 e. The highest BCUT2D eigenvalue weighted by molar-refractivity contribution is 9.10. The van der Waals surface area contributed by atoms with Crippen LogP contribution in [0.3, 0.4) is 0 Å². The van der Waals surface area contributed by atoms with Gasteiger partial charge in [-0.15, -0.1) is 13.2 Å². The van der Waals surface area contributed by atoms with E-state index in [1.54, 1.807) is 24.3 Å². The topological polar surface area (TPSA) is 26.3 Å². The zero-order chi connectivity index (χ0) is 15.5. The van der Waals surface area contributed by atoms with Crippen LogP contribution in [0.1, 0.15) is 15.9 Å². The van der Waals surface area contributed by atoms with E-state index in [9.17, 15) is 18.0 Å². The summed E-state index contributed by atoms with van der Waals surface area (Å²) < 4.78 is 40.7. The fourth-order valence-electron chi connectivity index (χ4n) is 1.73. The van der Waals surface area contributed by atoms with Crippen molar-refractivity contribution < 1.29 is 22.7 Å². The van der Waals surface area contributed by atoms with Crippen LogP contribution in [0, 0.1) is 0 Å². The van der Waals surface area contributed by atoms with Crippen molar-refractivity contribution in [1.82, 2.24) is 0 Å². The standard InChI is InChI=1S/C15H10BrF3O2/c16-12-5-3-11(4-6-12)14(20)9-10-1-7-13(8-2-10)21-15(17,18)19/h1-8H,9H2. The summed E-state index contributed by atoms with van der Waals surface area (Å²) >= 11 is 3.28. The van der Waals surface area contributed by atoms with Gasteiger partial charge in [-0.2, -0.15) is 0 Å². The van der Waals surface area contributed by atoms with E-state index in [4.69, 9.17) is 0 Å². The molecule has 2 rings (SSSR count). The molecule has 0 atom stereocenters. The van der Waals surface area contributed by atoms with E-state index >= 15 is 0 Å². The number of carbonyl (C=O) groups excluding carboxylic acids is 1. The van der Waals surface area contributed by atoms with Crippen LogP contribution < -0.4 is 4.74 Å². The Morgan fingerprint density at radius 3 is 2.10 bits per heavy atom. The molecule has 0 unspecified atom stereocenters. The number of halogens is 4. The van der Waals surface area contributed by atoms with Crippen LogP contribution in [0.2, 0.25) is 0 Å². The van der Waals surface area contributed by atoms with Crippen molar-refractivity contribution in [2.24, 2.45) is 0 Å². The smallest absolute Gasteiger partial charge is 0.406 e. The number of carbonyl (C=O) groups is 1. The maximum atomic E-state index is 12.0. The number of Topliss-reactive ketones (excluding diaryl/α,β-unsaturated/α-hetero) is 1. The Hall–Kier alpha value is -1.82. The lowest BCUT2D eigenvalue weighted by molar-refractivity contribution is -0.274. The number of hydrogen-bond donors (Lipinski definition) is 0. The third kappa shape index (κ3) is 4.90. The molecule has 0 aliphatic rings. The first-order chi connectivity index (χ1) is 9.83. The highest BCUT2D eigenvalue weighted by Crippen LogP contribution is 2.23. The molecular formula is C15H10BrF3O2. The van der Waals surface area contributed by atoms with Gasteiger partial charge in [0.05, 0.1) is 0 Å². The first-order valence-corrected chi connectivity index (χ1v) is 6.76. The van der Waals surface area contributed by atoms with Gasteiger partial charge in [0.25, 0.3) is 0 Å². The molecule has 0 radical (unpaired) electrons. The molecule has 0 saturated carbocycles. The number of ketones is 1. The molecule has 0 heterocycles. The summed E-state index contributed by atoms with van der Waals surface area (Å²) in [6.07, 6.45) is -4.59. The monoisotopic (exact) mass is 358 g/mol. The normalized spacial score (nSPS) is 11.2. The van der Waals surface area contributed by atoms with Crippen LogP contribution in [0.5, 0.6) is 5.75 Å². The fraction of sp³-hybridized carbons (Fsp3) is 0.133. The first kappa shape index (κ1) is 15.6. The summed E-state index contributed by atoms with van der Waals surface area (Å²) in [5.41, 5.74) is 1.17. The molecule has 0 aliphatic carbocycles. The van der Waals surface area contributed by atoms with Gasteiger partial charge in [-0.1, -0.05) is 40.2 Å². The van der Waals surface area contributed by atoms with Crippen LogP contribution >= 0.6 is 15.9 Å². The van der Waals surface area contributed by atoms with Gasteiger partial charge in [-0.25, -0.2) is 0 Å². The zero-order valence-corrected chi connectivity index (χ0v) is 12.2. The lowest BCUT2D eigenvalue weighted by Gasteiger charge is -2.09. The van der Waals surface area contributed by atoms with E-state index in [0.29, 0.717) is 11.1 Å². The summed E-state index contributed by atoms with van der Waals surface area (Å²) in [4.78, 5) is 12.0. The summed E-state index contributed by atoms with van der Waals surface area (Å²) in [5, 5.41) is 0. The second-order valence-electron chi connectivity index (χ2n) is 4.30. The van der Waals surface area contributed by atoms with Gasteiger partial charge in [0.15, 0.2) is 5.78 Å². The van der Waals surface area contributed by atoms with Crippen LogP contribution in [0.25, 0.3) is 0 Å². The first-order valence-electron chi connectivity index (χ1n) is 5.97. The molecule has 0 saturated heterocycles. The minimum Gasteiger partial charge on any atom is -0.406 e. The molecule has 6 heteroatoms. The minimum absolute atomic E-state index is 0.105. The molecule has 2 aromatic rings. The van der Waals surface area contributed by atoms with Gasteiger partial charge < -0.3 is 4.74 Å². The van der Waals surface area contributed by atoms with Crippen LogP contribution in [0.4, 0.5) is 13.2 Å². The molecule has 2 nitrogen and oxygen atoms in total. The molecule has 0 amide bonds. The second kappa shape index (κ2) is 6.30. The van der Waals surface area contributed by atoms with Crippen LogP contribution in [-0.2, 0) is 6.42 Å². The summed E-state index contributed by atoms with van der Waals surface area (Å²) in [6, 6.07) is 12.2. The van der Waals surface area contributed by atoms with Gasteiger partial charge in [0.1, 0.15) is 5.75 Å². The Bertz CT molecular complexity index is 619. The van der Waals surface area contributed by atoms with Gasteiger partial charge in [0, 0.05) is 16.5 Å². The number of rotatable bonds is 4. The highest BCUT2D eigenvalue weighted by atomic mass is 79.9. The molecular weight excluding hydrogens is 349 g/mol. The largest absolute Gasteiger partial charge is 0.573 e. The van der Waals surface area contributed by atoms with E-state index in [1.807, 2.05) is 0 Å². The van der Waals surface area contributed by atoms with Crippen molar-refractivity contribution in [3.63, 3.8) is 0 Å². The maximum absolute atomic E-state index is 12.0. The van der Waals surface area contributed by atoms with Crippen molar-refractivity contribution in [2.45, 2.75) is 12.8 Å². The van der Waals surface area contributed by atoms with E-state index in [1.165, 1.54) is 24.3 Å². The second-order valence-corrected chi connectivity index (χ2v) is 5.21. The molecule has 0 aliphatic heterocycles. The van der Waals surface area contributed by atoms with Gasteiger partial charge in [0.2, 0.25) is 0 Å². The average molecular weight is 359 g/mol. The fourth-order valence-corrected chi connectivity index (χ4v) is 2.00. The Morgan fingerprint density at radius 2 is 1.57 bits per heavy atom. The summed E-state index contributed by atoms with van der Waals surface area (Å²) in [6.45, 7) is 0. The number of alkyl halides is 3. The quantitative estimate of drug-likeness (QED) is 0.735. The van der Waals surface area contributed by atoms with Crippen molar-refractivity contribution in [1.29, 1.82) is 0 Å². The van der Waals surface area contributed by atoms with E-state index in [0.717, 1.165) is 4.47 Å². The predicted octanol–water partition coefficient (Wildman–Crippen LogP) is 4.77. The van der Waals surface area contributed by atoms with E-state index < -0.39 is 6.36 Å². The van der Waals surface area contributed by atoms with Gasteiger partial charge in [-0.3, -0.25) is 4.79 Å². The Kier molecular flexibility index (Phi) is 4.67. The number of benzene rings is 2. The third-order valence-corrected chi connectivity index (χ3v) is 3.22. The SMILES string of the molecule is O=C(Cc1ccc(OC(F)(F)F)cc1)c1ccc(Br)cc1. The van der Waals surface area contributed by atoms with Crippen molar-refractivity contribution >= 4 is 21.7 Å². The zero-order valence-electron chi connectivity index (χ0n) is 10.7. The summed E-state index contributed by atoms with van der Waals surface area (Å²) in [7, 11) is 0. The molecule has 0 spiro atoms. The molecule has 0 bridgehead atoms. The van der Waals surface area contributed by atoms with Crippen molar-refractivity contribution in [3.05, 3.63) is 64.1 Å². The third-order valence-electron chi connectivity index (χ3n) is 2.69. The highest BCUT2D eigenvalue weighted by Gasteiger charge is 2.30. The molecule has 2 aromatic carbocycles. The van der Waals surface area contributed by atoms with Crippen LogP contribution in [0.15, 0.2) is 53.0 Å². The molecule has 110 valence electrons. The minimum atomic E-state index is -4.71. The Balaban J connectivity index is 2.03. The van der Waals surface area contributed by atoms with Crippen molar-refractivity contribution in [3.8, 4) is 5.75 Å². The van der Waals surface area contributed by atoms with E-state index in [2.05, 4.69) is 20.7 Å². The molecule has 21 heavy (non-hydrogen) atoms. The molecule has 0 N–H and O–H groups in total. The van der Waals surface area contributed by atoms with E-state index in [-0.39, 0.29) is 18.0 Å². The molecule has 0 aromatic heterocycles. The Labute approximate surface area is 127 Å². The van der Waals surface area contributed by atoms with Gasteiger partial charge >= 0.3 is 6.36 Å². The van der Waals surface area contributed by atoms with Crippen molar-refractivity contribution in [2.75, 3.05) is 0 Å². The van der Waals surface area contributed by atoms with Gasteiger partial charge in [-0.05, 0) is 29.8 Å². The predicted molar refractivity (Wildman–Crippen MR) is 75.3 cm³/mol. The summed E-state index contributed by atoms with van der Waals surface area (Å²) in [5.74, 6) is -0.408. The van der Waals surface area contributed by atoms with Crippen LogP contribution in [-0.4, -0.2) is 12.1 Å². The number of hydrogen-bond acceptors (Lipinski definition) is 2.